The van der Waals surface area contributed by atoms with E-state index in [0.717, 1.165) is 6.42 Å². The molecule has 0 aliphatic carbocycles. The monoisotopic (exact) mass is 189 g/mol. The predicted octanol–water partition coefficient (Wildman–Crippen LogP) is 4.32. The molecule has 0 nitrogen and oxygen atoms in total. The van der Waals surface area contributed by atoms with E-state index in [2.05, 4.69) is 38.1 Å². The van der Waals surface area contributed by atoms with Crippen LogP contribution in [0.25, 0.3) is 0 Å². The summed E-state index contributed by atoms with van der Waals surface area (Å²) in [4.78, 5) is 0. The van der Waals surface area contributed by atoms with Crippen molar-refractivity contribution < 1.29 is 0 Å². The van der Waals surface area contributed by atoms with Gasteiger partial charge in [-0.2, -0.15) is 0 Å². The van der Waals surface area contributed by atoms with Crippen LogP contribution in [0, 0.1) is 13.8 Å². The van der Waals surface area contributed by atoms with Gasteiger partial charge in [0.15, 0.2) is 0 Å². The zero-order chi connectivity index (χ0) is 10.2. The van der Waals surface area contributed by atoms with Crippen LogP contribution in [0.1, 0.15) is 43.2 Å². The molecule has 0 unspecified atom stereocenters. The summed E-state index contributed by atoms with van der Waals surface area (Å²) in [6.45, 7) is 6.06. The fraction of sp³-hybridized carbons (Fsp3) is 0.500. The maximum atomic E-state index is 3.86. The standard InChI is InChI=1S/C14H21/c1-3-4-5-6-7-11-14-12-9-8-10-13(14)2/h8-10,12H,1,3-7,11H2,2H3. The molecule has 0 bridgehead atoms. The van der Waals surface area contributed by atoms with Crippen molar-refractivity contribution in [3.63, 3.8) is 0 Å². The van der Waals surface area contributed by atoms with Gasteiger partial charge in [0.1, 0.15) is 0 Å². The van der Waals surface area contributed by atoms with Crippen molar-refractivity contribution in [2.24, 2.45) is 0 Å². The van der Waals surface area contributed by atoms with E-state index in [1.807, 2.05) is 0 Å². The molecule has 1 radical (unpaired) electrons. The van der Waals surface area contributed by atoms with Gasteiger partial charge in [0.05, 0.1) is 0 Å². The summed E-state index contributed by atoms with van der Waals surface area (Å²) in [5.74, 6) is 0. The van der Waals surface area contributed by atoms with Crippen LogP contribution < -0.4 is 0 Å². The van der Waals surface area contributed by atoms with Crippen LogP contribution in [0.15, 0.2) is 24.3 Å². The second-order valence-corrected chi connectivity index (χ2v) is 3.94. The highest BCUT2D eigenvalue weighted by atomic mass is 14.0. The third kappa shape index (κ3) is 3.95. The second kappa shape index (κ2) is 6.64. The van der Waals surface area contributed by atoms with Crippen LogP contribution in [0.4, 0.5) is 0 Å². The molecule has 14 heavy (non-hydrogen) atoms. The van der Waals surface area contributed by atoms with Crippen LogP contribution >= 0.6 is 0 Å². The predicted molar refractivity (Wildman–Crippen MR) is 63.3 cm³/mol. The minimum Gasteiger partial charge on any atom is -0.0620 e. The van der Waals surface area contributed by atoms with Crippen LogP contribution in [-0.4, -0.2) is 0 Å². The highest BCUT2D eigenvalue weighted by molar-refractivity contribution is 5.25. The van der Waals surface area contributed by atoms with Gasteiger partial charge < -0.3 is 0 Å². The maximum absolute atomic E-state index is 3.86. The molecule has 1 aromatic rings. The van der Waals surface area contributed by atoms with Gasteiger partial charge in [-0.1, -0.05) is 56.9 Å². The Kier molecular flexibility index (Phi) is 5.36. The lowest BCUT2D eigenvalue weighted by atomic mass is 10.0. The van der Waals surface area contributed by atoms with Gasteiger partial charge >= 0.3 is 0 Å². The average Bonchev–Trinajstić information content (AvgIpc) is 2.20. The lowest BCUT2D eigenvalue weighted by Gasteiger charge is -2.04. The summed E-state index contributed by atoms with van der Waals surface area (Å²) in [5, 5.41) is 0. The first-order valence-corrected chi connectivity index (χ1v) is 5.68. The molecule has 0 aliphatic rings. The van der Waals surface area contributed by atoms with E-state index in [4.69, 9.17) is 0 Å². The first-order valence-electron chi connectivity index (χ1n) is 5.68. The van der Waals surface area contributed by atoms with E-state index in [1.165, 1.54) is 43.2 Å². The molecule has 0 N–H and O–H groups in total. The lowest BCUT2D eigenvalue weighted by Crippen LogP contribution is -1.89. The van der Waals surface area contributed by atoms with Gasteiger partial charge in [0, 0.05) is 0 Å². The molecule has 0 saturated carbocycles. The van der Waals surface area contributed by atoms with Gasteiger partial charge in [0.2, 0.25) is 0 Å². The van der Waals surface area contributed by atoms with E-state index in [-0.39, 0.29) is 0 Å². The molecule has 0 saturated heterocycles. The highest BCUT2D eigenvalue weighted by Crippen LogP contribution is 2.12. The molecule has 77 valence electrons. The van der Waals surface area contributed by atoms with E-state index in [9.17, 15) is 0 Å². The van der Waals surface area contributed by atoms with Gasteiger partial charge in [0.25, 0.3) is 0 Å². The van der Waals surface area contributed by atoms with E-state index in [1.54, 1.807) is 0 Å². The molecule has 0 spiro atoms. The summed E-state index contributed by atoms with van der Waals surface area (Å²) < 4.78 is 0. The molecule has 0 aromatic heterocycles. The Morgan fingerprint density at radius 1 is 1.00 bits per heavy atom. The minimum atomic E-state index is 1.09. The molecule has 0 atom stereocenters. The van der Waals surface area contributed by atoms with Gasteiger partial charge in [-0.25, -0.2) is 0 Å². The Balaban J connectivity index is 2.21. The first-order chi connectivity index (χ1) is 6.84. The van der Waals surface area contributed by atoms with Crippen molar-refractivity contribution >= 4 is 0 Å². The van der Waals surface area contributed by atoms with Gasteiger partial charge in [-0.15, -0.1) is 0 Å². The number of hydrogen-bond donors (Lipinski definition) is 0. The van der Waals surface area contributed by atoms with E-state index < -0.39 is 0 Å². The smallest absolute Gasteiger partial charge is 0.0276 e. The van der Waals surface area contributed by atoms with E-state index in [0.29, 0.717) is 0 Å². The molecule has 1 aromatic carbocycles. The van der Waals surface area contributed by atoms with Crippen LogP contribution in [0.2, 0.25) is 0 Å². The van der Waals surface area contributed by atoms with Crippen molar-refractivity contribution in [3.05, 3.63) is 42.3 Å². The minimum absolute atomic E-state index is 1.09. The fourth-order valence-electron chi connectivity index (χ4n) is 1.74. The SMILES string of the molecule is [CH2]CCCCCCc1ccccc1C. The zero-order valence-electron chi connectivity index (χ0n) is 9.26. The zero-order valence-corrected chi connectivity index (χ0v) is 9.26. The Hall–Kier alpha value is -0.780. The van der Waals surface area contributed by atoms with Crippen molar-refractivity contribution in [3.8, 4) is 0 Å². The third-order valence-electron chi connectivity index (χ3n) is 2.71. The highest BCUT2D eigenvalue weighted by Gasteiger charge is 1.96. The van der Waals surface area contributed by atoms with Gasteiger partial charge in [-0.3, -0.25) is 0 Å². The number of hydrogen-bond acceptors (Lipinski definition) is 0. The molecular formula is C14H21. The Morgan fingerprint density at radius 3 is 2.43 bits per heavy atom. The molecule has 0 heterocycles. The van der Waals surface area contributed by atoms with Crippen molar-refractivity contribution in [2.45, 2.75) is 45.4 Å². The molecule has 0 amide bonds. The Bertz CT molecular complexity index is 250. The molecule has 0 heteroatoms. The number of aryl methyl sites for hydroxylation is 2. The summed E-state index contributed by atoms with van der Waals surface area (Å²) in [5.41, 5.74) is 2.95. The number of rotatable bonds is 6. The second-order valence-electron chi connectivity index (χ2n) is 3.94. The fourth-order valence-corrected chi connectivity index (χ4v) is 1.74. The largest absolute Gasteiger partial charge is 0.0620 e. The third-order valence-corrected chi connectivity index (χ3v) is 2.71. The first kappa shape index (κ1) is 11.3. The van der Waals surface area contributed by atoms with E-state index >= 15 is 0 Å². The Labute approximate surface area is 88.4 Å². The quantitative estimate of drug-likeness (QED) is 0.584. The summed E-state index contributed by atoms with van der Waals surface area (Å²) >= 11 is 0. The van der Waals surface area contributed by atoms with Crippen molar-refractivity contribution in [2.75, 3.05) is 0 Å². The lowest BCUT2D eigenvalue weighted by molar-refractivity contribution is 0.644. The van der Waals surface area contributed by atoms with Crippen LogP contribution in [-0.2, 0) is 6.42 Å². The average molecular weight is 189 g/mol. The summed E-state index contributed by atoms with van der Waals surface area (Å²) in [6.07, 6.45) is 7.63. The molecule has 0 fully saturated rings. The van der Waals surface area contributed by atoms with Crippen molar-refractivity contribution in [1.82, 2.24) is 0 Å². The molecular weight excluding hydrogens is 168 g/mol. The van der Waals surface area contributed by atoms with Crippen LogP contribution in [0.3, 0.4) is 0 Å². The summed E-state index contributed by atoms with van der Waals surface area (Å²) in [7, 11) is 0. The number of unbranched alkanes of at least 4 members (excludes halogenated alkanes) is 4. The topological polar surface area (TPSA) is 0 Å². The van der Waals surface area contributed by atoms with Crippen molar-refractivity contribution in [1.29, 1.82) is 0 Å². The Morgan fingerprint density at radius 2 is 1.71 bits per heavy atom. The maximum Gasteiger partial charge on any atom is -0.0276 e. The van der Waals surface area contributed by atoms with Gasteiger partial charge in [-0.05, 0) is 30.9 Å². The van der Waals surface area contributed by atoms with Crippen LogP contribution in [0.5, 0.6) is 0 Å². The summed E-state index contributed by atoms with van der Waals surface area (Å²) in [6, 6.07) is 8.70. The molecule has 0 aliphatic heterocycles. The normalized spacial score (nSPS) is 10.4. The number of benzene rings is 1. The molecule has 1 rings (SSSR count).